The molecule has 0 saturated heterocycles. The van der Waals surface area contributed by atoms with Crippen LogP contribution in [0.15, 0.2) is 48.0 Å². The van der Waals surface area contributed by atoms with E-state index in [4.69, 9.17) is 9.47 Å². The molecule has 2 aliphatic carbocycles. The highest BCUT2D eigenvalue weighted by atomic mass is 16.5. The van der Waals surface area contributed by atoms with Crippen LogP contribution in [-0.4, -0.2) is 40.8 Å². The predicted molar refractivity (Wildman–Crippen MR) is 141 cm³/mol. The Kier molecular flexibility index (Phi) is 5.26. The summed E-state index contributed by atoms with van der Waals surface area (Å²) in [5.74, 6) is 2.28. The van der Waals surface area contributed by atoms with Crippen LogP contribution in [0.3, 0.4) is 0 Å². The summed E-state index contributed by atoms with van der Waals surface area (Å²) in [5.41, 5.74) is 3.21. The molecule has 0 aromatic carbocycles. The van der Waals surface area contributed by atoms with Gasteiger partial charge in [0.2, 0.25) is 5.95 Å². The van der Waals surface area contributed by atoms with Crippen molar-refractivity contribution in [3.05, 3.63) is 59.2 Å². The fraction of sp³-hybridized carbons (Fsp3) is 0.333. The van der Waals surface area contributed by atoms with Gasteiger partial charge in [-0.1, -0.05) is 0 Å². The lowest BCUT2D eigenvalue weighted by molar-refractivity contribution is 0.243. The summed E-state index contributed by atoms with van der Waals surface area (Å²) in [5, 5.41) is 16.8. The Morgan fingerprint density at radius 2 is 2.03 bits per heavy atom. The van der Waals surface area contributed by atoms with Gasteiger partial charge >= 0.3 is 0 Å². The van der Waals surface area contributed by atoms with Crippen molar-refractivity contribution in [1.82, 2.24) is 33.7 Å². The van der Waals surface area contributed by atoms with E-state index in [-0.39, 0.29) is 17.5 Å². The third-order valence-electron chi connectivity index (χ3n) is 7.58. The number of nitrogens with one attached hydrogen (secondary N) is 1. The zero-order chi connectivity index (χ0) is 26.7. The van der Waals surface area contributed by atoms with E-state index >= 15 is 0 Å². The summed E-state index contributed by atoms with van der Waals surface area (Å²) in [6.07, 6.45) is 13.8. The molecule has 0 aliphatic heterocycles. The van der Waals surface area contributed by atoms with Gasteiger partial charge in [-0.25, -0.2) is 9.50 Å². The lowest BCUT2D eigenvalue weighted by Crippen LogP contribution is -2.34. The zero-order valence-corrected chi connectivity index (χ0v) is 21.4. The van der Waals surface area contributed by atoms with Crippen molar-refractivity contribution in [2.45, 2.75) is 37.6 Å². The van der Waals surface area contributed by atoms with Gasteiger partial charge < -0.3 is 23.9 Å². The van der Waals surface area contributed by atoms with E-state index in [0.717, 1.165) is 18.4 Å². The average molecular weight is 524 g/mol. The second kappa shape index (κ2) is 8.83. The maximum Gasteiger partial charge on any atom is 0.274 e. The van der Waals surface area contributed by atoms with E-state index in [1.54, 1.807) is 51.7 Å². The number of rotatable bonds is 7. The molecule has 2 aliphatic rings. The van der Waals surface area contributed by atoms with Gasteiger partial charge in [0.15, 0.2) is 22.9 Å². The molecule has 5 heterocycles. The minimum Gasteiger partial charge on any atom is -0.491 e. The molecule has 0 spiro atoms. The summed E-state index contributed by atoms with van der Waals surface area (Å²) < 4.78 is 17.2. The van der Waals surface area contributed by atoms with Crippen molar-refractivity contribution < 1.29 is 9.47 Å². The Bertz CT molecular complexity index is 1840. The van der Waals surface area contributed by atoms with E-state index in [1.165, 1.54) is 0 Å². The van der Waals surface area contributed by atoms with Crippen molar-refractivity contribution in [3.8, 4) is 23.3 Å². The van der Waals surface area contributed by atoms with Gasteiger partial charge in [0.1, 0.15) is 16.7 Å². The average Bonchev–Trinajstić information content (AvgIpc) is 3.63. The van der Waals surface area contributed by atoms with Crippen LogP contribution < -0.4 is 20.3 Å². The van der Waals surface area contributed by atoms with Crippen molar-refractivity contribution in [2.24, 2.45) is 13.0 Å². The Hall–Kier alpha value is -4.92. The van der Waals surface area contributed by atoms with E-state index < -0.39 is 0 Å². The number of methoxy groups -OCH3 is 1. The maximum atomic E-state index is 13.5. The Balaban J connectivity index is 1.26. The highest BCUT2D eigenvalue weighted by Gasteiger charge is 2.33. The van der Waals surface area contributed by atoms with Crippen LogP contribution in [0.4, 0.5) is 11.6 Å². The van der Waals surface area contributed by atoms with Crippen LogP contribution in [0.5, 0.6) is 17.2 Å². The van der Waals surface area contributed by atoms with Crippen molar-refractivity contribution in [2.75, 3.05) is 12.4 Å². The molecule has 39 heavy (non-hydrogen) atoms. The number of ether oxygens (including phenoxy) is 2. The predicted octanol–water partition coefficient (Wildman–Crippen LogP) is 4.07. The molecule has 196 valence electrons. The molecule has 0 bridgehead atoms. The summed E-state index contributed by atoms with van der Waals surface area (Å²) in [4.78, 5) is 26.8. The first-order valence-corrected chi connectivity index (χ1v) is 12.8. The first-order valence-electron chi connectivity index (χ1n) is 12.8. The highest BCUT2D eigenvalue weighted by molar-refractivity contribution is 5.85. The molecule has 0 atom stereocenters. The van der Waals surface area contributed by atoms with Crippen LogP contribution in [0.2, 0.25) is 0 Å². The first-order chi connectivity index (χ1) is 19.0. The third-order valence-corrected chi connectivity index (χ3v) is 7.58. The smallest absolute Gasteiger partial charge is 0.274 e. The Labute approximate surface area is 222 Å². The van der Waals surface area contributed by atoms with Gasteiger partial charge in [-0.15, -0.1) is 0 Å². The number of pyridine rings is 2. The molecule has 2 saturated carbocycles. The second-order valence-electron chi connectivity index (χ2n) is 10.1. The summed E-state index contributed by atoms with van der Waals surface area (Å²) in [6.45, 7) is 0. The van der Waals surface area contributed by atoms with Crippen LogP contribution in [0.1, 0.15) is 43.2 Å². The van der Waals surface area contributed by atoms with E-state index in [1.807, 2.05) is 19.3 Å². The van der Waals surface area contributed by atoms with Gasteiger partial charge in [0.25, 0.3) is 5.56 Å². The number of nitriles is 1. The Morgan fingerprint density at radius 1 is 1.18 bits per heavy atom. The first kappa shape index (κ1) is 23.2. The van der Waals surface area contributed by atoms with Crippen LogP contribution in [0.25, 0.3) is 16.7 Å². The largest absolute Gasteiger partial charge is 0.491 e. The number of hydrogen-bond donors (Lipinski definition) is 1. The molecule has 5 aromatic rings. The lowest BCUT2D eigenvalue weighted by atomic mass is 9.81. The fourth-order valence-electron chi connectivity index (χ4n) is 5.18. The molecule has 0 amide bonds. The van der Waals surface area contributed by atoms with Gasteiger partial charge in [-0.05, 0) is 43.2 Å². The molecule has 1 N–H and O–H groups in total. The minimum atomic E-state index is -0.126. The van der Waals surface area contributed by atoms with E-state index in [0.29, 0.717) is 64.3 Å². The minimum absolute atomic E-state index is 0.00897. The highest BCUT2D eigenvalue weighted by Crippen LogP contribution is 2.43. The van der Waals surface area contributed by atoms with Crippen molar-refractivity contribution >= 4 is 28.3 Å². The van der Waals surface area contributed by atoms with E-state index in [9.17, 15) is 10.1 Å². The number of aromatic nitrogens is 7. The number of anilines is 2. The molecular weight excluding hydrogens is 498 g/mol. The summed E-state index contributed by atoms with van der Waals surface area (Å²) >= 11 is 0. The van der Waals surface area contributed by atoms with Gasteiger partial charge in [0, 0.05) is 31.7 Å². The molecule has 12 heteroatoms. The second-order valence-corrected chi connectivity index (χ2v) is 10.1. The molecule has 0 unspecified atom stereocenters. The number of fused-ring (bicyclic) bond motifs is 2. The molecule has 7 rings (SSSR count). The van der Waals surface area contributed by atoms with Gasteiger partial charge in [-0.3, -0.25) is 9.78 Å². The topological polar surface area (TPSA) is 137 Å². The Morgan fingerprint density at radius 3 is 2.79 bits per heavy atom. The van der Waals surface area contributed by atoms with Crippen molar-refractivity contribution in [1.29, 1.82) is 5.26 Å². The van der Waals surface area contributed by atoms with Crippen molar-refractivity contribution in [3.63, 3.8) is 0 Å². The number of aryl methyl sites for hydroxylation is 1. The zero-order valence-electron chi connectivity index (χ0n) is 21.4. The van der Waals surface area contributed by atoms with Gasteiger partial charge in [-0.2, -0.15) is 15.3 Å². The fourth-order valence-corrected chi connectivity index (χ4v) is 5.18. The third kappa shape index (κ3) is 3.85. The normalized spacial score (nSPS) is 18.6. The van der Waals surface area contributed by atoms with Crippen LogP contribution in [0, 0.1) is 17.2 Å². The maximum absolute atomic E-state index is 13.5. The number of hydrogen-bond acceptors (Lipinski definition) is 9. The summed E-state index contributed by atoms with van der Waals surface area (Å²) in [7, 11) is 3.39. The standard InChI is InChI=1S/C27H25N9O3/c1-34-23-24(38-2)22(39-21-13-31-36-6-5-29-11-20(21)36)12-30-25(23)33-27(34)32-19-9-17(16-3-4-16)14-35(26(19)37)18-7-15(8-18)10-28/h5-6,9,11-16,18H,3-4,7-8H2,1-2H3,(H,30,32,33). The lowest BCUT2D eigenvalue weighted by Gasteiger charge is -2.32. The van der Waals surface area contributed by atoms with Crippen LogP contribution >= 0.6 is 0 Å². The monoisotopic (exact) mass is 523 g/mol. The number of nitrogens with zero attached hydrogens (tertiary/aromatic N) is 8. The molecular formula is C27H25N9O3. The summed E-state index contributed by atoms with van der Waals surface area (Å²) in [6, 6.07) is 4.27. The quantitative estimate of drug-likeness (QED) is 0.335. The molecule has 2 fully saturated rings. The molecule has 12 nitrogen and oxygen atoms in total. The molecule has 0 radical (unpaired) electrons. The van der Waals surface area contributed by atoms with Gasteiger partial charge in [0.05, 0.1) is 37.7 Å². The SMILES string of the molecule is COc1c(Oc2cnn3ccncc23)cnc2nc(Nc3cc(C4CC4)cn(C4CC(C#N)C4)c3=O)n(C)c12. The molecule has 5 aromatic heterocycles. The van der Waals surface area contributed by atoms with E-state index in [2.05, 4.69) is 31.4 Å². The van der Waals surface area contributed by atoms with Crippen LogP contribution in [-0.2, 0) is 7.05 Å². The number of imidazole rings is 1.